The van der Waals surface area contributed by atoms with Crippen LogP contribution >= 0.6 is 11.6 Å². The second kappa shape index (κ2) is 5.89. The Kier molecular flexibility index (Phi) is 4.37. The van der Waals surface area contributed by atoms with Gasteiger partial charge in [0.25, 0.3) is 0 Å². The van der Waals surface area contributed by atoms with Gasteiger partial charge >= 0.3 is 6.18 Å². The van der Waals surface area contributed by atoms with Gasteiger partial charge in [-0.05, 0) is 36.8 Å². The molecule has 7 heteroatoms. The molecular weight excluding hydrogens is 308 g/mol. The maximum Gasteiger partial charge on any atom is 0.417 e. The largest absolute Gasteiger partial charge is 0.417 e. The number of aromatic nitrogens is 1. The molecule has 0 spiro atoms. The number of benzene rings is 1. The summed E-state index contributed by atoms with van der Waals surface area (Å²) in [5.41, 5.74) is -0.152. The number of nitrogens with zero attached hydrogens (tertiary/aromatic N) is 1. The molecule has 1 aromatic heterocycles. The molecular formula is C14H11ClF4N2. The first-order chi connectivity index (χ1) is 9.77. The van der Waals surface area contributed by atoms with Gasteiger partial charge in [0.15, 0.2) is 0 Å². The lowest BCUT2D eigenvalue weighted by molar-refractivity contribution is -0.137. The molecule has 1 N–H and O–H groups in total. The molecule has 21 heavy (non-hydrogen) atoms. The normalized spacial score (nSPS) is 13.0. The van der Waals surface area contributed by atoms with E-state index in [1.165, 1.54) is 24.4 Å². The van der Waals surface area contributed by atoms with Crippen LogP contribution in [0.15, 0.2) is 36.7 Å². The van der Waals surface area contributed by atoms with Crippen LogP contribution in [0, 0.1) is 5.82 Å². The molecule has 0 radical (unpaired) electrons. The molecule has 0 aliphatic carbocycles. The summed E-state index contributed by atoms with van der Waals surface area (Å²) in [6, 6.07) is 4.39. The van der Waals surface area contributed by atoms with Crippen molar-refractivity contribution in [3.8, 4) is 0 Å². The molecule has 0 saturated heterocycles. The van der Waals surface area contributed by atoms with Crippen LogP contribution in [0.3, 0.4) is 0 Å². The van der Waals surface area contributed by atoms with Crippen molar-refractivity contribution in [2.45, 2.75) is 19.1 Å². The van der Waals surface area contributed by atoms with E-state index >= 15 is 0 Å². The van der Waals surface area contributed by atoms with Gasteiger partial charge in [-0.15, -0.1) is 0 Å². The Bertz CT molecular complexity index is 643. The van der Waals surface area contributed by atoms with Crippen molar-refractivity contribution in [1.82, 2.24) is 4.98 Å². The van der Waals surface area contributed by atoms with Gasteiger partial charge in [0.05, 0.1) is 22.8 Å². The predicted octanol–water partition coefficient (Wildman–Crippen LogP) is 5.07. The zero-order chi connectivity index (χ0) is 15.6. The Balaban J connectivity index is 2.24. The first-order valence-electron chi connectivity index (χ1n) is 6.01. The monoisotopic (exact) mass is 318 g/mol. The molecule has 2 rings (SSSR count). The fraction of sp³-hybridized carbons (Fsp3) is 0.214. The van der Waals surface area contributed by atoms with Gasteiger partial charge in [0, 0.05) is 11.9 Å². The second-order valence-corrected chi connectivity index (χ2v) is 4.90. The van der Waals surface area contributed by atoms with Crippen molar-refractivity contribution in [3.05, 3.63) is 58.6 Å². The topological polar surface area (TPSA) is 24.9 Å². The Hall–Kier alpha value is -1.82. The molecule has 0 fully saturated rings. The van der Waals surface area contributed by atoms with Crippen molar-refractivity contribution >= 4 is 17.3 Å². The van der Waals surface area contributed by atoms with Gasteiger partial charge in [-0.25, -0.2) is 4.39 Å². The summed E-state index contributed by atoms with van der Waals surface area (Å²) in [4.78, 5) is 3.70. The lowest BCUT2D eigenvalue weighted by Gasteiger charge is -2.17. The first-order valence-corrected chi connectivity index (χ1v) is 6.39. The quantitative estimate of drug-likeness (QED) is 0.800. The summed E-state index contributed by atoms with van der Waals surface area (Å²) in [6.07, 6.45) is -2.03. The molecule has 2 aromatic rings. The first kappa shape index (κ1) is 15.6. The molecule has 0 amide bonds. The molecule has 0 saturated carbocycles. The lowest BCUT2D eigenvalue weighted by Crippen LogP contribution is -2.10. The van der Waals surface area contributed by atoms with E-state index in [1.54, 1.807) is 6.92 Å². The Morgan fingerprint density at radius 1 is 1.19 bits per heavy atom. The Morgan fingerprint density at radius 3 is 2.52 bits per heavy atom. The van der Waals surface area contributed by atoms with E-state index in [0.29, 0.717) is 5.56 Å². The van der Waals surface area contributed by atoms with Crippen LogP contribution in [0.4, 0.5) is 23.2 Å². The molecule has 0 aliphatic heterocycles. The number of anilines is 1. The highest BCUT2D eigenvalue weighted by Crippen LogP contribution is 2.36. The van der Waals surface area contributed by atoms with Crippen LogP contribution in [0.2, 0.25) is 5.02 Å². The summed E-state index contributed by atoms with van der Waals surface area (Å²) in [5, 5.41) is 2.49. The Morgan fingerprint density at radius 2 is 1.90 bits per heavy atom. The standard InChI is InChI=1S/C14H11ClF4N2/c1-8(9-4-10(16)7-20-6-9)21-11-2-3-13(15)12(5-11)14(17,18)19/h2-8,21H,1H3. The molecule has 1 aromatic carbocycles. The molecule has 0 aliphatic rings. The van der Waals surface area contributed by atoms with Crippen molar-refractivity contribution < 1.29 is 17.6 Å². The van der Waals surface area contributed by atoms with E-state index in [0.717, 1.165) is 12.3 Å². The Labute approximate surface area is 123 Å². The highest BCUT2D eigenvalue weighted by Gasteiger charge is 2.33. The van der Waals surface area contributed by atoms with E-state index in [4.69, 9.17) is 11.6 Å². The van der Waals surface area contributed by atoms with Gasteiger partial charge in [-0.3, -0.25) is 4.98 Å². The summed E-state index contributed by atoms with van der Waals surface area (Å²) in [6.45, 7) is 1.69. The fourth-order valence-electron chi connectivity index (χ4n) is 1.83. The third kappa shape index (κ3) is 3.85. The number of hydrogen-bond donors (Lipinski definition) is 1. The highest BCUT2D eigenvalue weighted by molar-refractivity contribution is 6.31. The summed E-state index contributed by atoms with van der Waals surface area (Å²) in [7, 11) is 0. The minimum absolute atomic E-state index is 0.239. The van der Waals surface area contributed by atoms with E-state index in [9.17, 15) is 17.6 Å². The number of alkyl halides is 3. The van der Waals surface area contributed by atoms with E-state index in [1.807, 2.05) is 0 Å². The summed E-state index contributed by atoms with van der Waals surface area (Å²) < 4.78 is 51.4. The molecule has 1 heterocycles. The number of rotatable bonds is 3. The van der Waals surface area contributed by atoms with Gasteiger partial charge < -0.3 is 5.32 Å². The van der Waals surface area contributed by atoms with E-state index in [2.05, 4.69) is 10.3 Å². The van der Waals surface area contributed by atoms with Crippen molar-refractivity contribution in [2.24, 2.45) is 0 Å². The average Bonchev–Trinajstić information content (AvgIpc) is 2.39. The third-order valence-electron chi connectivity index (χ3n) is 2.88. The van der Waals surface area contributed by atoms with Gasteiger partial charge in [0.1, 0.15) is 5.82 Å². The molecule has 1 unspecified atom stereocenters. The summed E-state index contributed by atoms with van der Waals surface area (Å²) >= 11 is 5.55. The van der Waals surface area contributed by atoms with Crippen LogP contribution in [-0.4, -0.2) is 4.98 Å². The number of halogens is 5. The van der Waals surface area contributed by atoms with Gasteiger partial charge in [-0.2, -0.15) is 13.2 Å². The van der Waals surface area contributed by atoms with Crippen molar-refractivity contribution in [2.75, 3.05) is 5.32 Å². The number of nitrogens with one attached hydrogen (secondary N) is 1. The average molecular weight is 319 g/mol. The van der Waals surface area contributed by atoms with Gasteiger partial charge in [0.2, 0.25) is 0 Å². The van der Waals surface area contributed by atoms with Crippen LogP contribution in [0.1, 0.15) is 24.1 Å². The van der Waals surface area contributed by atoms with Gasteiger partial charge in [-0.1, -0.05) is 11.6 Å². The SMILES string of the molecule is CC(Nc1ccc(Cl)c(C(F)(F)F)c1)c1cncc(F)c1. The predicted molar refractivity (Wildman–Crippen MR) is 72.7 cm³/mol. The van der Waals surface area contributed by atoms with Crippen LogP contribution in [-0.2, 0) is 6.18 Å². The lowest BCUT2D eigenvalue weighted by atomic mass is 10.1. The molecule has 112 valence electrons. The van der Waals surface area contributed by atoms with Crippen molar-refractivity contribution in [3.63, 3.8) is 0 Å². The van der Waals surface area contributed by atoms with E-state index < -0.39 is 23.6 Å². The van der Waals surface area contributed by atoms with Crippen LogP contribution in [0.25, 0.3) is 0 Å². The number of hydrogen-bond acceptors (Lipinski definition) is 2. The number of pyridine rings is 1. The maximum absolute atomic E-state index is 13.1. The molecule has 1 atom stereocenters. The smallest absolute Gasteiger partial charge is 0.378 e. The van der Waals surface area contributed by atoms with Crippen molar-refractivity contribution in [1.29, 1.82) is 0 Å². The molecule has 0 bridgehead atoms. The highest BCUT2D eigenvalue weighted by atomic mass is 35.5. The minimum atomic E-state index is -4.53. The maximum atomic E-state index is 13.1. The zero-order valence-electron chi connectivity index (χ0n) is 10.9. The molecule has 2 nitrogen and oxygen atoms in total. The fourth-order valence-corrected chi connectivity index (χ4v) is 2.06. The van der Waals surface area contributed by atoms with Crippen LogP contribution in [0.5, 0.6) is 0 Å². The van der Waals surface area contributed by atoms with Crippen LogP contribution < -0.4 is 5.32 Å². The van der Waals surface area contributed by atoms with E-state index in [-0.39, 0.29) is 10.7 Å². The zero-order valence-corrected chi connectivity index (χ0v) is 11.6. The summed E-state index contributed by atoms with van der Waals surface area (Å²) in [5.74, 6) is -0.506. The minimum Gasteiger partial charge on any atom is -0.378 e. The third-order valence-corrected chi connectivity index (χ3v) is 3.21. The second-order valence-electron chi connectivity index (χ2n) is 4.49.